The number of esters is 1. The fourth-order valence-electron chi connectivity index (χ4n) is 3.55. The SMILES string of the molecule is CCOCCOc1ccccc1C(=O)N1CCCN(c2ccc(C(=O)OCC)cn2)CC1. The third-order valence-electron chi connectivity index (χ3n) is 5.17. The van der Waals surface area contributed by atoms with Crippen molar-refractivity contribution in [2.45, 2.75) is 20.3 Å². The highest BCUT2D eigenvalue weighted by molar-refractivity contribution is 5.97. The number of hydrogen-bond acceptors (Lipinski definition) is 7. The van der Waals surface area contributed by atoms with Gasteiger partial charge in [0.25, 0.3) is 5.91 Å². The van der Waals surface area contributed by atoms with Gasteiger partial charge in [-0.15, -0.1) is 0 Å². The van der Waals surface area contributed by atoms with Gasteiger partial charge in [0.15, 0.2) is 0 Å². The monoisotopic (exact) mass is 441 g/mol. The van der Waals surface area contributed by atoms with Gasteiger partial charge in [0.1, 0.15) is 18.2 Å². The molecular formula is C24H31N3O5. The molecule has 0 atom stereocenters. The van der Waals surface area contributed by atoms with E-state index in [2.05, 4.69) is 9.88 Å². The lowest BCUT2D eigenvalue weighted by Gasteiger charge is -2.23. The highest BCUT2D eigenvalue weighted by atomic mass is 16.5. The molecule has 0 saturated carbocycles. The summed E-state index contributed by atoms with van der Waals surface area (Å²) >= 11 is 0. The second kappa shape index (κ2) is 12.0. The Morgan fingerprint density at radius 3 is 2.56 bits per heavy atom. The van der Waals surface area contributed by atoms with Crippen LogP contribution in [-0.2, 0) is 9.47 Å². The van der Waals surface area contributed by atoms with E-state index < -0.39 is 0 Å². The van der Waals surface area contributed by atoms with E-state index in [4.69, 9.17) is 14.2 Å². The fraction of sp³-hybridized carbons (Fsp3) is 0.458. The number of carbonyl (C=O) groups is 2. The Hall–Kier alpha value is -3.13. The van der Waals surface area contributed by atoms with Crippen molar-refractivity contribution in [3.8, 4) is 5.75 Å². The number of nitrogens with zero attached hydrogens (tertiary/aromatic N) is 3. The topological polar surface area (TPSA) is 81.2 Å². The highest BCUT2D eigenvalue weighted by Crippen LogP contribution is 2.22. The van der Waals surface area contributed by atoms with Crippen LogP contribution in [0, 0.1) is 0 Å². The van der Waals surface area contributed by atoms with E-state index in [1.807, 2.05) is 36.1 Å². The van der Waals surface area contributed by atoms with Crippen molar-refractivity contribution in [1.29, 1.82) is 0 Å². The number of rotatable bonds is 9. The zero-order valence-corrected chi connectivity index (χ0v) is 18.8. The van der Waals surface area contributed by atoms with Crippen LogP contribution < -0.4 is 9.64 Å². The number of hydrogen-bond donors (Lipinski definition) is 0. The summed E-state index contributed by atoms with van der Waals surface area (Å²) in [6, 6.07) is 10.9. The fourth-order valence-corrected chi connectivity index (χ4v) is 3.55. The molecule has 8 nitrogen and oxygen atoms in total. The maximum atomic E-state index is 13.2. The number of pyridine rings is 1. The predicted molar refractivity (Wildman–Crippen MR) is 121 cm³/mol. The second-order valence-corrected chi connectivity index (χ2v) is 7.30. The van der Waals surface area contributed by atoms with Crippen molar-refractivity contribution in [3.05, 3.63) is 53.7 Å². The van der Waals surface area contributed by atoms with Crippen LogP contribution in [0.15, 0.2) is 42.6 Å². The molecule has 0 N–H and O–H groups in total. The number of aromatic nitrogens is 1. The molecule has 3 rings (SSSR count). The van der Waals surface area contributed by atoms with Crippen LogP contribution in [-0.4, -0.2) is 74.4 Å². The smallest absolute Gasteiger partial charge is 0.339 e. The number of para-hydroxylation sites is 1. The van der Waals surface area contributed by atoms with Gasteiger partial charge >= 0.3 is 5.97 Å². The maximum absolute atomic E-state index is 13.2. The van der Waals surface area contributed by atoms with Crippen LogP contribution in [0.4, 0.5) is 5.82 Å². The molecule has 0 aliphatic carbocycles. The molecule has 0 spiro atoms. The third kappa shape index (κ3) is 6.20. The molecule has 1 aliphatic rings. The number of carbonyl (C=O) groups excluding carboxylic acids is 2. The van der Waals surface area contributed by atoms with E-state index in [9.17, 15) is 9.59 Å². The minimum atomic E-state index is -0.374. The molecular weight excluding hydrogens is 410 g/mol. The van der Waals surface area contributed by atoms with Crippen molar-refractivity contribution in [2.24, 2.45) is 0 Å². The summed E-state index contributed by atoms with van der Waals surface area (Å²) in [5.74, 6) is 0.951. The molecule has 0 unspecified atom stereocenters. The molecule has 2 heterocycles. The van der Waals surface area contributed by atoms with Crippen molar-refractivity contribution in [3.63, 3.8) is 0 Å². The number of anilines is 1. The third-order valence-corrected chi connectivity index (χ3v) is 5.17. The van der Waals surface area contributed by atoms with Crippen molar-refractivity contribution in [1.82, 2.24) is 9.88 Å². The molecule has 32 heavy (non-hydrogen) atoms. The van der Waals surface area contributed by atoms with Crippen LogP contribution in [0.5, 0.6) is 5.75 Å². The van der Waals surface area contributed by atoms with E-state index in [1.165, 1.54) is 6.20 Å². The first-order valence-electron chi connectivity index (χ1n) is 11.1. The van der Waals surface area contributed by atoms with Gasteiger partial charge in [0.2, 0.25) is 0 Å². The normalized spacial score (nSPS) is 14.1. The van der Waals surface area contributed by atoms with Crippen molar-refractivity contribution in [2.75, 3.05) is 57.5 Å². The lowest BCUT2D eigenvalue weighted by Crippen LogP contribution is -2.35. The molecule has 1 amide bonds. The van der Waals surface area contributed by atoms with E-state index in [-0.39, 0.29) is 11.9 Å². The Kier molecular flexibility index (Phi) is 8.86. The predicted octanol–water partition coefficient (Wildman–Crippen LogP) is 3.03. The molecule has 1 aliphatic heterocycles. The van der Waals surface area contributed by atoms with Gasteiger partial charge in [-0.05, 0) is 44.5 Å². The molecule has 0 bridgehead atoms. The lowest BCUT2D eigenvalue weighted by molar-refractivity contribution is 0.0525. The zero-order chi connectivity index (χ0) is 22.8. The maximum Gasteiger partial charge on any atom is 0.339 e. The van der Waals surface area contributed by atoms with Crippen LogP contribution in [0.3, 0.4) is 0 Å². The molecule has 8 heteroatoms. The lowest BCUT2D eigenvalue weighted by atomic mass is 10.1. The Balaban J connectivity index is 1.62. The first kappa shape index (κ1) is 23.5. The second-order valence-electron chi connectivity index (χ2n) is 7.30. The largest absolute Gasteiger partial charge is 0.490 e. The van der Waals surface area contributed by atoms with E-state index in [1.54, 1.807) is 19.1 Å². The van der Waals surface area contributed by atoms with Crippen LogP contribution in [0.1, 0.15) is 41.0 Å². The van der Waals surface area contributed by atoms with Crippen molar-refractivity contribution >= 4 is 17.7 Å². The van der Waals surface area contributed by atoms with Crippen LogP contribution in [0.2, 0.25) is 0 Å². The Morgan fingerprint density at radius 1 is 0.969 bits per heavy atom. The van der Waals surface area contributed by atoms with Gasteiger partial charge in [0.05, 0.1) is 24.3 Å². The summed E-state index contributed by atoms with van der Waals surface area (Å²) in [6.45, 7) is 8.23. The molecule has 0 radical (unpaired) electrons. The number of ether oxygens (including phenoxy) is 3. The minimum Gasteiger partial charge on any atom is -0.490 e. The molecule has 2 aromatic rings. The Morgan fingerprint density at radius 2 is 1.81 bits per heavy atom. The van der Waals surface area contributed by atoms with E-state index >= 15 is 0 Å². The van der Waals surface area contributed by atoms with E-state index in [0.29, 0.717) is 62.9 Å². The van der Waals surface area contributed by atoms with Gasteiger partial charge in [-0.3, -0.25) is 4.79 Å². The highest BCUT2D eigenvalue weighted by Gasteiger charge is 2.23. The zero-order valence-electron chi connectivity index (χ0n) is 18.8. The standard InChI is InChI=1S/C24H31N3O5/c1-3-30-16-17-32-21-9-6-5-8-20(21)23(28)27-13-7-12-26(14-15-27)22-11-10-19(18-25-22)24(29)31-4-2/h5-6,8-11,18H,3-4,7,12-17H2,1-2H3. The summed E-state index contributed by atoms with van der Waals surface area (Å²) in [5, 5.41) is 0. The average molecular weight is 442 g/mol. The first-order valence-corrected chi connectivity index (χ1v) is 11.1. The molecule has 1 aromatic carbocycles. The average Bonchev–Trinajstić information content (AvgIpc) is 3.08. The summed E-state index contributed by atoms with van der Waals surface area (Å²) in [4.78, 5) is 33.5. The molecule has 172 valence electrons. The van der Waals surface area contributed by atoms with Crippen molar-refractivity contribution < 1.29 is 23.8 Å². The minimum absolute atomic E-state index is 0.0375. The summed E-state index contributed by atoms with van der Waals surface area (Å²) in [6.07, 6.45) is 2.36. The quantitative estimate of drug-likeness (QED) is 0.437. The Labute approximate surface area is 189 Å². The number of benzene rings is 1. The van der Waals surface area contributed by atoms with Gasteiger partial charge in [-0.1, -0.05) is 12.1 Å². The molecule has 1 saturated heterocycles. The summed E-state index contributed by atoms with van der Waals surface area (Å²) in [7, 11) is 0. The van der Waals surface area contributed by atoms with Crippen LogP contribution >= 0.6 is 0 Å². The Bertz CT molecular complexity index is 887. The first-order chi connectivity index (χ1) is 15.6. The summed E-state index contributed by atoms with van der Waals surface area (Å²) < 4.78 is 16.1. The van der Waals surface area contributed by atoms with Gasteiger partial charge in [0, 0.05) is 39.0 Å². The van der Waals surface area contributed by atoms with Crippen LogP contribution in [0.25, 0.3) is 0 Å². The van der Waals surface area contributed by atoms with E-state index in [0.717, 1.165) is 18.8 Å². The molecule has 1 aromatic heterocycles. The summed E-state index contributed by atoms with van der Waals surface area (Å²) in [5.41, 5.74) is 0.998. The van der Waals surface area contributed by atoms with Gasteiger partial charge in [-0.2, -0.15) is 0 Å². The van der Waals surface area contributed by atoms with Gasteiger partial charge < -0.3 is 24.0 Å². The van der Waals surface area contributed by atoms with Gasteiger partial charge in [-0.25, -0.2) is 9.78 Å². The molecule has 1 fully saturated rings. The number of amides is 1.